The van der Waals surface area contributed by atoms with Crippen molar-refractivity contribution in [2.45, 2.75) is 52.5 Å². The Kier molecular flexibility index (Phi) is 8.52. The minimum atomic E-state index is -3.09. The van der Waals surface area contributed by atoms with Crippen molar-refractivity contribution in [1.29, 1.82) is 0 Å². The van der Waals surface area contributed by atoms with E-state index < -0.39 is 10.0 Å². The van der Waals surface area contributed by atoms with Gasteiger partial charge in [-0.25, -0.2) is 12.7 Å². The lowest BCUT2D eigenvalue weighted by atomic mass is 9.93. The van der Waals surface area contributed by atoms with E-state index in [0.717, 1.165) is 25.7 Å². The van der Waals surface area contributed by atoms with Crippen LogP contribution in [0.1, 0.15) is 46.5 Å². The van der Waals surface area contributed by atoms with Gasteiger partial charge in [0.25, 0.3) is 0 Å². The SMILES string of the molecule is CCCC(C)CS(=O)(=O)N1CCCC(C(C)N)C1.Cl. The van der Waals surface area contributed by atoms with Gasteiger partial charge in [0.05, 0.1) is 5.75 Å². The molecule has 3 unspecified atom stereocenters. The van der Waals surface area contributed by atoms with Crippen molar-refractivity contribution in [3.63, 3.8) is 0 Å². The normalized spacial score (nSPS) is 24.5. The molecule has 0 aromatic rings. The highest BCUT2D eigenvalue weighted by Crippen LogP contribution is 2.22. The number of hydrogen-bond donors (Lipinski definition) is 1. The van der Waals surface area contributed by atoms with Crippen LogP contribution in [0.2, 0.25) is 0 Å². The van der Waals surface area contributed by atoms with Crippen molar-refractivity contribution in [3.8, 4) is 0 Å². The second-order valence-corrected chi connectivity index (χ2v) is 7.81. The number of halogens is 1. The zero-order valence-corrected chi connectivity index (χ0v) is 14.0. The van der Waals surface area contributed by atoms with Crippen molar-refractivity contribution >= 4 is 22.4 Å². The molecule has 2 N–H and O–H groups in total. The van der Waals surface area contributed by atoms with Gasteiger partial charge in [0, 0.05) is 19.1 Å². The molecule has 0 aliphatic carbocycles. The van der Waals surface area contributed by atoms with Crippen LogP contribution >= 0.6 is 12.4 Å². The van der Waals surface area contributed by atoms with Gasteiger partial charge in [-0.1, -0.05) is 20.3 Å². The average Bonchev–Trinajstić information content (AvgIpc) is 2.28. The average molecular weight is 313 g/mol. The molecule has 6 heteroatoms. The summed E-state index contributed by atoms with van der Waals surface area (Å²) in [6, 6.07) is 0.0797. The first kappa shape index (κ1) is 19.2. The lowest BCUT2D eigenvalue weighted by Gasteiger charge is -2.34. The Morgan fingerprint density at radius 1 is 1.37 bits per heavy atom. The maximum Gasteiger partial charge on any atom is 0.214 e. The summed E-state index contributed by atoms with van der Waals surface area (Å²) in [7, 11) is -3.09. The Morgan fingerprint density at radius 2 is 2.00 bits per heavy atom. The molecular weight excluding hydrogens is 284 g/mol. The molecule has 1 heterocycles. The number of hydrogen-bond acceptors (Lipinski definition) is 3. The van der Waals surface area contributed by atoms with E-state index in [1.54, 1.807) is 4.31 Å². The topological polar surface area (TPSA) is 63.4 Å². The molecule has 0 radical (unpaired) electrons. The fraction of sp³-hybridized carbons (Fsp3) is 1.00. The Hall–Kier alpha value is 0.160. The van der Waals surface area contributed by atoms with E-state index in [1.807, 2.05) is 13.8 Å². The van der Waals surface area contributed by atoms with Crippen molar-refractivity contribution in [3.05, 3.63) is 0 Å². The first-order valence-electron chi connectivity index (χ1n) is 7.10. The van der Waals surface area contributed by atoms with E-state index >= 15 is 0 Å². The van der Waals surface area contributed by atoms with Crippen LogP contribution in [0.5, 0.6) is 0 Å². The second-order valence-electron chi connectivity index (χ2n) is 5.79. The molecule has 19 heavy (non-hydrogen) atoms. The first-order chi connectivity index (χ1) is 8.36. The van der Waals surface area contributed by atoms with Gasteiger partial charge >= 0.3 is 0 Å². The van der Waals surface area contributed by atoms with Crippen LogP contribution < -0.4 is 5.73 Å². The predicted octanol–water partition coefficient (Wildman–Crippen LogP) is 2.23. The lowest BCUT2D eigenvalue weighted by molar-refractivity contribution is 0.242. The van der Waals surface area contributed by atoms with Gasteiger partial charge in [0.15, 0.2) is 0 Å². The minimum absolute atomic E-state index is 0. The Balaban J connectivity index is 0.00000324. The predicted molar refractivity (Wildman–Crippen MR) is 83.1 cm³/mol. The Morgan fingerprint density at radius 3 is 2.53 bits per heavy atom. The fourth-order valence-electron chi connectivity index (χ4n) is 2.70. The molecule has 116 valence electrons. The molecule has 1 rings (SSSR count). The third kappa shape index (κ3) is 5.98. The summed E-state index contributed by atoms with van der Waals surface area (Å²) in [6.07, 6.45) is 4.00. The van der Waals surface area contributed by atoms with Gasteiger partial charge in [-0.05, 0) is 38.0 Å². The first-order valence-corrected chi connectivity index (χ1v) is 8.71. The zero-order valence-electron chi connectivity index (χ0n) is 12.3. The van der Waals surface area contributed by atoms with Crippen LogP contribution in [0.25, 0.3) is 0 Å². The van der Waals surface area contributed by atoms with Gasteiger partial charge in [-0.15, -0.1) is 12.4 Å². The van der Waals surface area contributed by atoms with Gasteiger partial charge in [-0.2, -0.15) is 0 Å². The van der Waals surface area contributed by atoms with Crippen LogP contribution in [-0.2, 0) is 10.0 Å². The summed E-state index contributed by atoms with van der Waals surface area (Å²) in [5.74, 6) is 0.845. The van der Waals surface area contributed by atoms with Crippen LogP contribution in [-0.4, -0.2) is 37.6 Å². The highest BCUT2D eigenvalue weighted by atomic mass is 35.5. The van der Waals surface area contributed by atoms with Gasteiger partial charge in [0.2, 0.25) is 10.0 Å². The number of nitrogens with zero attached hydrogens (tertiary/aromatic N) is 1. The second kappa shape index (κ2) is 8.45. The third-order valence-electron chi connectivity index (χ3n) is 3.83. The minimum Gasteiger partial charge on any atom is -0.328 e. The molecule has 0 amide bonds. The Labute approximate surface area is 124 Å². The number of rotatable bonds is 6. The number of piperidine rings is 1. The summed E-state index contributed by atoms with van der Waals surface area (Å²) in [5, 5.41) is 0. The zero-order chi connectivity index (χ0) is 13.8. The van der Waals surface area contributed by atoms with Crippen LogP contribution in [0.3, 0.4) is 0 Å². The lowest BCUT2D eigenvalue weighted by Crippen LogP contribution is -2.46. The van der Waals surface area contributed by atoms with Crippen molar-refractivity contribution < 1.29 is 8.42 Å². The van der Waals surface area contributed by atoms with E-state index in [9.17, 15) is 8.42 Å². The van der Waals surface area contributed by atoms with Crippen molar-refractivity contribution in [2.24, 2.45) is 17.6 Å². The van der Waals surface area contributed by atoms with Crippen molar-refractivity contribution in [2.75, 3.05) is 18.8 Å². The van der Waals surface area contributed by atoms with E-state index in [2.05, 4.69) is 6.92 Å². The maximum absolute atomic E-state index is 12.3. The number of nitrogens with two attached hydrogens (primary N) is 1. The molecule has 1 aliphatic heterocycles. The molecule has 0 spiro atoms. The molecule has 1 fully saturated rings. The molecule has 0 aromatic heterocycles. The van der Waals surface area contributed by atoms with E-state index in [4.69, 9.17) is 5.73 Å². The molecule has 0 bridgehead atoms. The highest BCUT2D eigenvalue weighted by Gasteiger charge is 2.31. The molecule has 0 aromatic carbocycles. The van der Waals surface area contributed by atoms with E-state index in [1.165, 1.54) is 0 Å². The van der Waals surface area contributed by atoms with Gasteiger partial charge in [0.1, 0.15) is 0 Å². The van der Waals surface area contributed by atoms with Gasteiger partial charge in [-0.3, -0.25) is 0 Å². The van der Waals surface area contributed by atoms with E-state index in [-0.39, 0.29) is 30.1 Å². The maximum atomic E-state index is 12.3. The standard InChI is InChI=1S/C13H28N2O2S.ClH/c1-4-6-11(2)10-18(16,17)15-8-5-7-13(9-15)12(3)14;/h11-13H,4-10,14H2,1-3H3;1H. The van der Waals surface area contributed by atoms with E-state index in [0.29, 0.717) is 19.0 Å². The van der Waals surface area contributed by atoms with Crippen LogP contribution in [0, 0.1) is 11.8 Å². The molecule has 1 saturated heterocycles. The third-order valence-corrected chi connectivity index (χ3v) is 5.94. The summed E-state index contributed by atoms with van der Waals surface area (Å²) < 4.78 is 26.3. The fourth-order valence-corrected chi connectivity index (χ4v) is 4.62. The quantitative estimate of drug-likeness (QED) is 0.818. The smallest absolute Gasteiger partial charge is 0.214 e. The summed E-state index contributed by atoms with van der Waals surface area (Å²) in [4.78, 5) is 0. The molecule has 3 atom stereocenters. The summed E-state index contributed by atoms with van der Waals surface area (Å²) in [6.45, 7) is 7.37. The van der Waals surface area contributed by atoms with Gasteiger partial charge < -0.3 is 5.73 Å². The largest absolute Gasteiger partial charge is 0.328 e. The summed E-state index contributed by atoms with van der Waals surface area (Å²) >= 11 is 0. The highest BCUT2D eigenvalue weighted by molar-refractivity contribution is 7.89. The Bertz CT molecular complexity index is 347. The molecular formula is C13H29ClN2O2S. The molecule has 1 aliphatic rings. The monoisotopic (exact) mass is 312 g/mol. The van der Waals surface area contributed by atoms with Crippen molar-refractivity contribution in [1.82, 2.24) is 4.31 Å². The molecule has 0 saturated carbocycles. The van der Waals surface area contributed by atoms with Crippen LogP contribution in [0.4, 0.5) is 0 Å². The summed E-state index contributed by atoms with van der Waals surface area (Å²) in [5.41, 5.74) is 5.90. The molecule has 4 nitrogen and oxygen atoms in total. The number of sulfonamides is 1. The van der Waals surface area contributed by atoms with Crippen LogP contribution in [0.15, 0.2) is 0 Å².